The smallest absolute Gasteiger partial charge is 0.305 e. The Bertz CT molecular complexity index is 697. The van der Waals surface area contributed by atoms with Crippen LogP contribution in [0.25, 0.3) is 0 Å². The Morgan fingerprint density at radius 2 is 1.31 bits per heavy atom. The van der Waals surface area contributed by atoms with Crippen molar-refractivity contribution >= 4 is 27.6 Å². The molecule has 1 aliphatic heterocycles. The van der Waals surface area contributed by atoms with Crippen molar-refractivity contribution in [3.8, 4) is 0 Å². The predicted molar refractivity (Wildman–Crippen MR) is 167 cm³/mol. The summed E-state index contributed by atoms with van der Waals surface area (Å²) in [4.78, 5) is 11.7. The first-order chi connectivity index (χ1) is 19.0. The molecule has 1 aliphatic rings. The van der Waals surface area contributed by atoms with Gasteiger partial charge in [0.25, 0.3) is 0 Å². The maximum absolute atomic E-state index is 11.7. The second kappa shape index (κ2) is 26.1. The fourth-order valence-corrected chi connectivity index (χ4v) is 6.80. The number of carbonyl (C=O) groups is 1. The highest BCUT2D eigenvalue weighted by Gasteiger charge is 2.15. The molecule has 0 aromatic rings. The van der Waals surface area contributed by atoms with Gasteiger partial charge in [-0.1, -0.05) is 63.0 Å². The van der Waals surface area contributed by atoms with Crippen molar-refractivity contribution in [2.24, 2.45) is 0 Å². The maximum Gasteiger partial charge on any atom is 0.305 e. The Morgan fingerprint density at radius 1 is 0.718 bits per heavy atom. The number of ether oxygens (including phenoxy) is 5. The molecule has 226 valence electrons. The third-order valence-corrected chi connectivity index (χ3v) is 9.17. The van der Waals surface area contributed by atoms with E-state index in [-0.39, 0.29) is 5.97 Å². The number of hydrogen-bond donors (Lipinski definition) is 0. The summed E-state index contributed by atoms with van der Waals surface area (Å²) >= 11 is 0. The number of carbonyl (C=O) groups excluding carboxylic acids is 1. The second-order valence-corrected chi connectivity index (χ2v) is 13.0. The zero-order valence-corrected chi connectivity index (χ0v) is 26.6. The lowest BCUT2D eigenvalue weighted by molar-refractivity contribution is -0.145. The van der Waals surface area contributed by atoms with E-state index in [9.17, 15) is 4.79 Å². The van der Waals surface area contributed by atoms with E-state index in [1.807, 2.05) is 21.6 Å². The van der Waals surface area contributed by atoms with Crippen molar-refractivity contribution in [2.45, 2.75) is 90.7 Å². The topological polar surface area (TPSA) is 63.2 Å². The monoisotopic (exact) mass is 586 g/mol. The second-order valence-electron chi connectivity index (χ2n) is 10.2. The number of unbranched alkanes of at least 4 members (excludes halogenated alkanes) is 1. The van der Waals surface area contributed by atoms with Crippen molar-refractivity contribution in [1.82, 2.24) is 0 Å². The van der Waals surface area contributed by atoms with E-state index in [0.717, 1.165) is 43.8 Å². The molecule has 8 heteroatoms. The minimum atomic E-state index is -0.125. The summed E-state index contributed by atoms with van der Waals surface area (Å²) in [7, 11) is 3.96. The number of esters is 1. The minimum Gasteiger partial charge on any atom is -0.463 e. The Morgan fingerprint density at radius 3 is 1.92 bits per heavy atom. The number of rotatable bonds is 25. The first-order valence-corrected chi connectivity index (χ1v) is 17.0. The summed E-state index contributed by atoms with van der Waals surface area (Å²) in [5, 5.41) is 0.777. The lowest BCUT2D eigenvalue weighted by atomic mass is 10.1. The molecule has 0 aromatic heterocycles. The van der Waals surface area contributed by atoms with E-state index >= 15 is 0 Å². The molecule has 1 rings (SSSR count). The summed E-state index contributed by atoms with van der Waals surface area (Å²) in [6.07, 6.45) is 16.3. The van der Waals surface area contributed by atoms with E-state index < -0.39 is 0 Å². The van der Waals surface area contributed by atoms with Crippen LogP contribution in [0.15, 0.2) is 34.9 Å². The largest absolute Gasteiger partial charge is 0.463 e. The van der Waals surface area contributed by atoms with Gasteiger partial charge in [0, 0.05) is 17.4 Å². The number of allylic oxidation sites excluding steroid dienone is 5. The van der Waals surface area contributed by atoms with E-state index in [1.54, 1.807) is 0 Å². The zero-order chi connectivity index (χ0) is 28.4. The Hall–Kier alpha value is -0.770. The molecule has 1 fully saturated rings. The molecule has 0 N–H and O–H groups in total. The molecule has 0 saturated carbocycles. The highest BCUT2D eigenvalue weighted by molar-refractivity contribution is 8.77. The van der Waals surface area contributed by atoms with Gasteiger partial charge >= 0.3 is 5.97 Å². The molecular formula is C31H54O6S2. The molecule has 0 unspecified atom stereocenters. The average Bonchev–Trinajstić information content (AvgIpc) is 3.42. The fourth-order valence-electron chi connectivity index (χ4n) is 3.78. The highest BCUT2D eigenvalue weighted by Crippen LogP contribution is 2.39. The van der Waals surface area contributed by atoms with Crippen molar-refractivity contribution in [3.05, 3.63) is 34.9 Å². The maximum atomic E-state index is 11.7. The van der Waals surface area contributed by atoms with Gasteiger partial charge in [-0.2, -0.15) is 0 Å². The Labute approximate surface area is 246 Å². The van der Waals surface area contributed by atoms with Crippen LogP contribution in [0.1, 0.15) is 85.5 Å². The molecule has 0 aliphatic carbocycles. The highest BCUT2D eigenvalue weighted by atomic mass is 33.1. The van der Waals surface area contributed by atoms with Crippen molar-refractivity contribution in [2.75, 3.05) is 65.2 Å². The summed E-state index contributed by atoms with van der Waals surface area (Å²) in [5.41, 5.74) is 4.22. The third kappa shape index (κ3) is 24.7. The van der Waals surface area contributed by atoms with Crippen LogP contribution < -0.4 is 0 Å². The molecular weight excluding hydrogens is 532 g/mol. The Balaban J connectivity index is 1.80. The Kier molecular flexibility index (Phi) is 24.3. The standard InChI is InChI=1S/C31H54O6S2/c1-27(2)9-7-10-28(3)11-8-12-29(4)15-17-33-18-19-34-20-21-35-22-23-36-24-25-37-31(32)14-6-5-13-30-16-26-38-39-30/h9,11,15,30H,5-8,10,12-14,16-26H2,1-4H3/b28-11+,29-15+/t30-/m1/s1. The van der Waals surface area contributed by atoms with Crippen molar-refractivity contribution in [1.29, 1.82) is 0 Å². The molecule has 0 aromatic carbocycles. The lowest BCUT2D eigenvalue weighted by Gasteiger charge is -2.08. The van der Waals surface area contributed by atoms with Gasteiger partial charge in [-0.15, -0.1) is 0 Å². The van der Waals surface area contributed by atoms with Gasteiger partial charge in [-0.05, 0) is 72.6 Å². The van der Waals surface area contributed by atoms with Crippen LogP contribution in [0, 0.1) is 0 Å². The van der Waals surface area contributed by atoms with Crippen LogP contribution in [-0.2, 0) is 28.5 Å². The number of hydrogen-bond acceptors (Lipinski definition) is 8. The third-order valence-electron chi connectivity index (χ3n) is 6.16. The van der Waals surface area contributed by atoms with Gasteiger partial charge in [-0.25, -0.2) is 0 Å². The zero-order valence-electron chi connectivity index (χ0n) is 25.0. The first kappa shape index (κ1) is 36.3. The van der Waals surface area contributed by atoms with Crippen LogP contribution in [-0.4, -0.2) is 76.4 Å². The minimum absolute atomic E-state index is 0.125. The van der Waals surface area contributed by atoms with Gasteiger partial charge < -0.3 is 23.7 Å². The van der Waals surface area contributed by atoms with Crippen molar-refractivity contribution in [3.63, 3.8) is 0 Å². The van der Waals surface area contributed by atoms with E-state index in [4.69, 9.17) is 23.7 Å². The van der Waals surface area contributed by atoms with Crippen LogP contribution in [0.5, 0.6) is 0 Å². The van der Waals surface area contributed by atoms with Gasteiger partial charge in [-0.3, -0.25) is 4.79 Å². The van der Waals surface area contributed by atoms with Gasteiger partial charge in [0.2, 0.25) is 0 Å². The van der Waals surface area contributed by atoms with Crippen LogP contribution in [0.2, 0.25) is 0 Å². The normalized spacial score (nSPS) is 16.1. The summed E-state index contributed by atoms with van der Waals surface area (Å²) in [6, 6.07) is 0. The molecule has 1 heterocycles. The fraction of sp³-hybridized carbons (Fsp3) is 0.774. The van der Waals surface area contributed by atoms with Gasteiger partial charge in [0.1, 0.15) is 6.61 Å². The molecule has 0 radical (unpaired) electrons. The summed E-state index contributed by atoms with van der Waals surface area (Å²) < 4.78 is 27.3. The summed E-state index contributed by atoms with van der Waals surface area (Å²) in [5.74, 6) is 1.14. The van der Waals surface area contributed by atoms with Crippen LogP contribution in [0.3, 0.4) is 0 Å². The summed E-state index contributed by atoms with van der Waals surface area (Å²) in [6.45, 7) is 13.2. The molecule has 39 heavy (non-hydrogen) atoms. The lowest BCUT2D eigenvalue weighted by Crippen LogP contribution is -2.14. The average molecular weight is 587 g/mol. The van der Waals surface area contributed by atoms with Gasteiger partial charge in [0.15, 0.2) is 0 Å². The van der Waals surface area contributed by atoms with E-state index in [2.05, 4.69) is 45.9 Å². The van der Waals surface area contributed by atoms with E-state index in [0.29, 0.717) is 65.9 Å². The molecule has 0 amide bonds. The first-order valence-electron chi connectivity index (χ1n) is 14.7. The van der Waals surface area contributed by atoms with Gasteiger partial charge in [0.05, 0.1) is 52.9 Å². The molecule has 1 saturated heterocycles. The molecule has 6 nitrogen and oxygen atoms in total. The quantitative estimate of drug-likeness (QED) is 0.0466. The molecule has 0 bridgehead atoms. The van der Waals surface area contributed by atoms with Crippen LogP contribution >= 0.6 is 21.6 Å². The SMILES string of the molecule is CC(C)=CCC/C(C)=C/CC/C(C)=C/COCCOCCOCCOCCOC(=O)CCCC[C@@H]1CCSS1. The molecule has 0 spiro atoms. The predicted octanol–water partition coefficient (Wildman–Crippen LogP) is 7.73. The van der Waals surface area contributed by atoms with Crippen molar-refractivity contribution < 1.29 is 28.5 Å². The molecule has 1 atom stereocenters. The van der Waals surface area contributed by atoms with E-state index in [1.165, 1.54) is 35.3 Å². The van der Waals surface area contributed by atoms with Crippen LogP contribution in [0.4, 0.5) is 0 Å².